The zero-order valence-electron chi connectivity index (χ0n) is 14.4. The number of rotatable bonds is 4. The second-order valence-corrected chi connectivity index (χ2v) is 8.55. The predicted octanol–water partition coefficient (Wildman–Crippen LogP) is 5.32. The van der Waals surface area contributed by atoms with Crippen LogP contribution in [0.15, 0.2) is 47.1 Å². The lowest BCUT2D eigenvalue weighted by Crippen LogP contribution is -2.48. The summed E-state index contributed by atoms with van der Waals surface area (Å²) in [4.78, 5) is 12.5. The topological polar surface area (TPSA) is 39.4 Å². The minimum Gasteiger partial charge on any atom is -0.464 e. The number of carbonyl (C=O) groups is 1. The van der Waals surface area contributed by atoms with Crippen molar-refractivity contribution >= 4 is 5.97 Å². The van der Waals surface area contributed by atoms with E-state index in [0.29, 0.717) is 12.2 Å². The van der Waals surface area contributed by atoms with Crippen molar-refractivity contribution in [2.45, 2.75) is 38.5 Å². The molecule has 1 aromatic carbocycles. The van der Waals surface area contributed by atoms with E-state index in [4.69, 9.17) is 9.15 Å². The van der Waals surface area contributed by atoms with Crippen molar-refractivity contribution in [1.29, 1.82) is 0 Å². The maximum atomic E-state index is 12.5. The van der Waals surface area contributed by atoms with Crippen molar-refractivity contribution in [2.24, 2.45) is 23.2 Å². The summed E-state index contributed by atoms with van der Waals surface area (Å²) >= 11 is 0. The minimum absolute atomic E-state index is 0.193. The number of esters is 1. The van der Waals surface area contributed by atoms with Gasteiger partial charge in [-0.2, -0.15) is 0 Å². The Morgan fingerprint density at radius 3 is 2.20 bits per heavy atom. The van der Waals surface area contributed by atoms with Crippen LogP contribution in [0.2, 0.25) is 0 Å². The SMILES string of the molecule is O=C(OCC12CC3CC(CC(C3)C1)C2)c1ccc(-c2ccco2)cc1. The summed E-state index contributed by atoms with van der Waals surface area (Å²) in [5.41, 5.74) is 1.88. The summed E-state index contributed by atoms with van der Waals surface area (Å²) in [5, 5.41) is 0. The van der Waals surface area contributed by atoms with E-state index in [1.165, 1.54) is 38.5 Å². The molecule has 0 N–H and O–H groups in total. The summed E-state index contributed by atoms with van der Waals surface area (Å²) in [5.74, 6) is 3.28. The highest BCUT2D eigenvalue weighted by Gasteiger charge is 2.51. The summed E-state index contributed by atoms with van der Waals surface area (Å²) in [6.45, 7) is 0.606. The molecule has 0 radical (unpaired) electrons. The molecule has 130 valence electrons. The van der Waals surface area contributed by atoms with Crippen LogP contribution in [0.3, 0.4) is 0 Å². The monoisotopic (exact) mass is 336 g/mol. The first-order valence-electron chi connectivity index (χ1n) is 9.50. The molecule has 4 saturated carbocycles. The van der Waals surface area contributed by atoms with Gasteiger partial charge in [-0.25, -0.2) is 4.79 Å². The maximum Gasteiger partial charge on any atom is 0.338 e. The summed E-state index contributed by atoms with van der Waals surface area (Å²) in [6, 6.07) is 11.3. The van der Waals surface area contributed by atoms with E-state index in [0.717, 1.165) is 29.1 Å². The van der Waals surface area contributed by atoms with Crippen LogP contribution in [0.5, 0.6) is 0 Å². The molecule has 2 aromatic rings. The van der Waals surface area contributed by atoms with Crippen molar-refractivity contribution in [3.63, 3.8) is 0 Å². The molecule has 0 atom stereocenters. The number of ether oxygens (including phenoxy) is 1. The Bertz CT molecular complexity index is 722. The summed E-state index contributed by atoms with van der Waals surface area (Å²) < 4.78 is 11.2. The van der Waals surface area contributed by atoms with Gasteiger partial charge in [0.2, 0.25) is 0 Å². The van der Waals surface area contributed by atoms with Gasteiger partial charge in [-0.3, -0.25) is 0 Å². The van der Waals surface area contributed by atoms with Gasteiger partial charge >= 0.3 is 5.97 Å². The molecular weight excluding hydrogens is 312 g/mol. The molecule has 1 heterocycles. The van der Waals surface area contributed by atoms with Gasteiger partial charge < -0.3 is 9.15 Å². The van der Waals surface area contributed by atoms with Crippen LogP contribution in [-0.4, -0.2) is 12.6 Å². The van der Waals surface area contributed by atoms with E-state index >= 15 is 0 Å². The smallest absolute Gasteiger partial charge is 0.338 e. The Balaban J connectivity index is 1.25. The summed E-state index contributed by atoms with van der Waals surface area (Å²) in [7, 11) is 0. The van der Waals surface area contributed by atoms with Crippen molar-refractivity contribution in [3.05, 3.63) is 48.2 Å². The van der Waals surface area contributed by atoms with Crippen LogP contribution in [0.4, 0.5) is 0 Å². The van der Waals surface area contributed by atoms with Crippen LogP contribution in [0, 0.1) is 23.2 Å². The fourth-order valence-corrected chi connectivity index (χ4v) is 5.98. The molecule has 0 aliphatic heterocycles. The van der Waals surface area contributed by atoms with E-state index in [1.807, 2.05) is 36.4 Å². The Hall–Kier alpha value is -2.03. The molecule has 1 aromatic heterocycles. The van der Waals surface area contributed by atoms with Crippen LogP contribution in [0.25, 0.3) is 11.3 Å². The van der Waals surface area contributed by atoms with Gasteiger partial charge in [-0.1, -0.05) is 12.1 Å². The molecule has 4 fully saturated rings. The second kappa shape index (κ2) is 5.76. The molecule has 3 nitrogen and oxygen atoms in total. The van der Waals surface area contributed by atoms with Gasteiger partial charge in [0.1, 0.15) is 5.76 Å². The van der Waals surface area contributed by atoms with Gasteiger partial charge in [-0.15, -0.1) is 0 Å². The lowest BCUT2D eigenvalue weighted by atomic mass is 9.50. The number of benzene rings is 1. The first-order valence-corrected chi connectivity index (χ1v) is 9.50. The maximum absolute atomic E-state index is 12.5. The second-order valence-electron chi connectivity index (χ2n) is 8.55. The Morgan fingerprint density at radius 1 is 1.00 bits per heavy atom. The molecule has 3 heteroatoms. The van der Waals surface area contributed by atoms with E-state index in [-0.39, 0.29) is 11.4 Å². The van der Waals surface area contributed by atoms with Crippen molar-refractivity contribution < 1.29 is 13.9 Å². The third kappa shape index (κ3) is 2.80. The van der Waals surface area contributed by atoms with Crippen LogP contribution >= 0.6 is 0 Å². The molecular formula is C22H24O3. The van der Waals surface area contributed by atoms with E-state index in [9.17, 15) is 4.79 Å². The lowest BCUT2D eigenvalue weighted by Gasteiger charge is -2.56. The van der Waals surface area contributed by atoms with Crippen LogP contribution < -0.4 is 0 Å². The first kappa shape index (κ1) is 15.2. The van der Waals surface area contributed by atoms with Gasteiger partial charge in [0.15, 0.2) is 0 Å². The quantitative estimate of drug-likeness (QED) is 0.709. The molecule has 4 bridgehead atoms. The largest absolute Gasteiger partial charge is 0.464 e. The van der Waals surface area contributed by atoms with Crippen molar-refractivity contribution in [1.82, 2.24) is 0 Å². The number of furan rings is 1. The fraction of sp³-hybridized carbons (Fsp3) is 0.500. The molecule has 0 unspecified atom stereocenters. The molecule has 4 aliphatic rings. The highest BCUT2D eigenvalue weighted by Crippen LogP contribution is 2.60. The predicted molar refractivity (Wildman–Crippen MR) is 95.0 cm³/mol. The van der Waals surface area contributed by atoms with Crippen LogP contribution in [0.1, 0.15) is 48.9 Å². The molecule has 0 spiro atoms. The van der Waals surface area contributed by atoms with Gasteiger partial charge in [0.05, 0.1) is 18.4 Å². The molecule has 0 saturated heterocycles. The average molecular weight is 336 g/mol. The van der Waals surface area contributed by atoms with Gasteiger partial charge in [0.25, 0.3) is 0 Å². The normalized spacial score (nSPS) is 32.7. The minimum atomic E-state index is -0.193. The number of hydrogen-bond donors (Lipinski definition) is 0. The van der Waals surface area contributed by atoms with Crippen molar-refractivity contribution in [3.8, 4) is 11.3 Å². The molecule has 25 heavy (non-hydrogen) atoms. The highest BCUT2D eigenvalue weighted by molar-refractivity contribution is 5.90. The molecule has 6 rings (SSSR count). The van der Waals surface area contributed by atoms with Gasteiger partial charge in [0, 0.05) is 11.0 Å². The zero-order valence-corrected chi connectivity index (χ0v) is 14.4. The Labute approximate surface area is 148 Å². The third-order valence-electron chi connectivity index (χ3n) is 6.60. The summed E-state index contributed by atoms with van der Waals surface area (Å²) in [6.07, 6.45) is 9.71. The van der Waals surface area contributed by atoms with E-state index in [2.05, 4.69) is 0 Å². The van der Waals surface area contributed by atoms with Gasteiger partial charge in [-0.05, 0) is 80.5 Å². The molecule has 4 aliphatic carbocycles. The van der Waals surface area contributed by atoms with E-state index in [1.54, 1.807) is 6.26 Å². The van der Waals surface area contributed by atoms with E-state index < -0.39 is 0 Å². The fourth-order valence-electron chi connectivity index (χ4n) is 5.98. The lowest BCUT2D eigenvalue weighted by molar-refractivity contribution is -0.0848. The first-order chi connectivity index (χ1) is 12.2. The number of hydrogen-bond acceptors (Lipinski definition) is 3. The van der Waals surface area contributed by atoms with Crippen molar-refractivity contribution in [2.75, 3.05) is 6.61 Å². The third-order valence-corrected chi connectivity index (χ3v) is 6.60. The zero-order chi connectivity index (χ0) is 16.9. The Kier molecular flexibility index (Phi) is 3.51. The standard InChI is InChI=1S/C22H24O3/c23-21(19-5-3-18(4-6-19)20-2-1-7-24-20)25-14-22-11-15-8-16(12-22)10-17(9-15)13-22/h1-7,15-17H,8-14H2. The number of carbonyl (C=O) groups excluding carboxylic acids is 1. The average Bonchev–Trinajstić information content (AvgIpc) is 3.13. The highest BCUT2D eigenvalue weighted by atomic mass is 16.5. The van der Waals surface area contributed by atoms with Crippen LogP contribution in [-0.2, 0) is 4.74 Å². The molecule has 0 amide bonds. The Morgan fingerprint density at radius 2 is 1.64 bits per heavy atom.